The maximum Gasteiger partial charge on any atom is 0.181 e. The highest BCUT2D eigenvalue weighted by Gasteiger charge is 2.13. The van der Waals surface area contributed by atoms with Crippen molar-refractivity contribution in [2.45, 2.75) is 6.92 Å². The zero-order valence-corrected chi connectivity index (χ0v) is 7.62. The third-order valence-corrected chi connectivity index (χ3v) is 2.01. The van der Waals surface area contributed by atoms with Crippen LogP contribution in [0.25, 0.3) is 5.65 Å². The summed E-state index contributed by atoms with van der Waals surface area (Å²) in [6.45, 7) is 1.42. The summed E-state index contributed by atoms with van der Waals surface area (Å²) < 4.78 is 1.43. The van der Waals surface area contributed by atoms with Crippen LogP contribution >= 0.6 is 11.6 Å². The molecule has 0 saturated heterocycles. The Morgan fingerprint density at radius 2 is 2.38 bits per heavy atom. The topological polar surface area (TPSA) is 47.3 Å². The van der Waals surface area contributed by atoms with Gasteiger partial charge in [-0.25, -0.2) is 9.50 Å². The minimum absolute atomic E-state index is 0.157. The van der Waals surface area contributed by atoms with Gasteiger partial charge in [-0.15, -0.1) is 0 Å². The van der Waals surface area contributed by atoms with E-state index >= 15 is 0 Å². The molecule has 0 radical (unpaired) electrons. The standard InChI is InChI=1S/C8H6ClN3O/c1-5(13)7-8(9)12-6(11-7)3-2-4-10-12/h2-4H,1H3. The highest BCUT2D eigenvalue weighted by molar-refractivity contribution is 6.32. The average Bonchev–Trinajstić information content (AvgIpc) is 2.45. The van der Waals surface area contributed by atoms with Crippen molar-refractivity contribution in [3.63, 3.8) is 0 Å². The normalized spacial score (nSPS) is 10.6. The summed E-state index contributed by atoms with van der Waals surface area (Å²) in [5.41, 5.74) is 0.845. The molecule has 0 aliphatic rings. The average molecular weight is 196 g/mol. The fourth-order valence-corrected chi connectivity index (χ4v) is 1.39. The summed E-state index contributed by atoms with van der Waals surface area (Å²) in [6, 6.07) is 3.48. The Morgan fingerprint density at radius 3 is 3.00 bits per heavy atom. The van der Waals surface area contributed by atoms with Crippen molar-refractivity contribution in [3.8, 4) is 0 Å². The number of rotatable bonds is 1. The molecule has 0 aliphatic heterocycles. The Morgan fingerprint density at radius 1 is 1.62 bits per heavy atom. The van der Waals surface area contributed by atoms with Crippen molar-refractivity contribution >= 4 is 23.0 Å². The van der Waals surface area contributed by atoms with Gasteiger partial charge >= 0.3 is 0 Å². The Labute approximate surface area is 79.2 Å². The number of hydrogen-bond donors (Lipinski definition) is 0. The van der Waals surface area contributed by atoms with Gasteiger partial charge < -0.3 is 0 Å². The molecule has 0 fully saturated rings. The third-order valence-electron chi connectivity index (χ3n) is 1.67. The van der Waals surface area contributed by atoms with Crippen molar-refractivity contribution in [1.82, 2.24) is 14.6 Å². The van der Waals surface area contributed by atoms with Crippen LogP contribution in [0.2, 0.25) is 5.15 Å². The van der Waals surface area contributed by atoms with Crippen LogP contribution in [0.1, 0.15) is 17.4 Å². The lowest BCUT2D eigenvalue weighted by atomic mass is 10.3. The molecule has 0 saturated carbocycles. The SMILES string of the molecule is CC(=O)c1nc2cccnn2c1Cl. The Kier molecular flexibility index (Phi) is 1.77. The van der Waals surface area contributed by atoms with Gasteiger partial charge in [-0.2, -0.15) is 5.10 Å². The van der Waals surface area contributed by atoms with Crippen molar-refractivity contribution in [2.24, 2.45) is 0 Å². The Balaban J connectivity index is 2.81. The minimum Gasteiger partial charge on any atom is -0.293 e. The Hall–Kier alpha value is -1.42. The molecule has 0 N–H and O–H groups in total. The first kappa shape index (κ1) is 8.19. The summed E-state index contributed by atoms with van der Waals surface area (Å²) in [7, 11) is 0. The number of imidazole rings is 1. The molecular formula is C8H6ClN3O. The second-order valence-corrected chi connectivity index (χ2v) is 2.96. The molecular weight excluding hydrogens is 190 g/mol. The molecule has 5 heteroatoms. The van der Waals surface area contributed by atoms with E-state index in [9.17, 15) is 4.79 Å². The van der Waals surface area contributed by atoms with Gasteiger partial charge in [0.25, 0.3) is 0 Å². The largest absolute Gasteiger partial charge is 0.293 e. The molecule has 2 heterocycles. The number of halogens is 1. The van der Waals surface area contributed by atoms with E-state index in [1.54, 1.807) is 18.3 Å². The molecule has 0 aromatic carbocycles. The lowest BCUT2D eigenvalue weighted by Crippen LogP contribution is -1.93. The first-order valence-corrected chi connectivity index (χ1v) is 4.08. The molecule has 2 aromatic rings. The number of aromatic nitrogens is 3. The zero-order valence-electron chi connectivity index (χ0n) is 6.86. The van der Waals surface area contributed by atoms with Crippen LogP contribution in [0.4, 0.5) is 0 Å². The monoisotopic (exact) mass is 195 g/mol. The fourth-order valence-electron chi connectivity index (χ4n) is 1.08. The summed E-state index contributed by atoms with van der Waals surface area (Å²) in [5, 5.41) is 4.22. The molecule has 0 spiro atoms. The lowest BCUT2D eigenvalue weighted by Gasteiger charge is -1.90. The van der Waals surface area contributed by atoms with E-state index in [2.05, 4.69) is 10.1 Å². The summed E-state index contributed by atoms with van der Waals surface area (Å²) in [6.07, 6.45) is 1.59. The molecule has 13 heavy (non-hydrogen) atoms. The van der Waals surface area contributed by atoms with Gasteiger partial charge in [0, 0.05) is 13.1 Å². The summed E-state index contributed by atoms with van der Waals surface area (Å²) in [5.74, 6) is -0.157. The number of carbonyl (C=O) groups excluding carboxylic acids is 1. The maximum absolute atomic E-state index is 11.0. The Bertz CT molecular complexity index is 477. The predicted molar refractivity (Wildman–Crippen MR) is 48.0 cm³/mol. The molecule has 0 atom stereocenters. The van der Waals surface area contributed by atoms with Crippen LogP contribution in [0.5, 0.6) is 0 Å². The molecule has 0 bridgehead atoms. The number of Topliss-reactive ketones (excluding diaryl/α,β-unsaturated/α-hetero) is 1. The number of nitrogens with zero attached hydrogens (tertiary/aromatic N) is 3. The van der Waals surface area contributed by atoms with E-state index in [1.165, 1.54) is 11.4 Å². The van der Waals surface area contributed by atoms with Gasteiger partial charge in [0.1, 0.15) is 5.69 Å². The van der Waals surface area contributed by atoms with Gasteiger partial charge in [0.15, 0.2) is 16.6 Å². The molecule has 2 rings (SSSR count). The second-order valence-electron chi connectivity index (χ2n) is 2.60. The molecule has 2 aromatic heterocycles. The molecule has 0 amide bonds. The quantitative estimate of drug-likeness (QED) is 0.650. The van der Waals surface area contributed by atoms with Gasteiger partial charge in [0.05, 0.1) is 0 Å². The van der Waals surface area contributed by atoms with Crippen LogP contribution in [-0.2, 0) is 0 Å². The fraction of sp³-hybridized carbons (Fsp3) is 0.125. The second kappa shape index (κ2) is 2.81. The zero-order chi connectivity index (χ0) is 9.42. The smallest absolute Gasteiger partial charge is 0.181 e. The number of ketones is 1. The highest BCUT2D eigenvalue weighted by atomic mass is 35.5. The van der Waals surface area contributed by atoms with E-state index in [1.807, 2.05) is 0 Å². The van der Waals surface area contributed by atoms with Gasteiger partial charge in [-0.05, 0) is 12.1 Å². The molecule has 0 aliphatic carbocycles. The van der Waals surface area contributed by atoms with Crippen molar-refractivity contribution in [2.75, 3.05) is 0 Å². The molecule has 0 unspecified atom stereocenters. The first-order chi connectivity index (χ1) is 6.20. The van der Waals surface area contributed by atoms with E-state index in [0.717, 1.165) is 0 Å². The summed E-state index contributed by atoms with van der Waals surface area (Å²) >= 11 is 5.87. The van der Waals surface area contributed by atoms with Crippen LogP contribution < -0.4 is 0 Å². The van der Waals surface area contributed by atoms with Crippen molar-refractivity contribution in [3.05, 3.63) is 29.2 Å². The van der Waals surface area contributed by atoms with Gasteiger partial charge in [0.2, 0.25) is 0 Å². The van der Waals surface area contributed by atoms with Crippen LogP contribution in [-0.4, -0.2) is 20.4 Å². The first-order valence-electron chi connectivity index (χ1n) is 3.70. The predicted octanol–water partition coefficient (Wildman–Crippen LogP) is 1.59. The maximum atomic E-state index is 11.0. The van der Waals surface area contributed by atoms with Crippen molar-refractivity contribution in [1.29, 1.82) is 0 Å². The lowest BCUT2D eigenvalue weighted by molar-refractivity contribution is 0.101. The van der Waals surface area contributed by atoms with Crippen LogP contribution in [0.3, 0.4) is 0 Å². The minimum atomic E-state index is -0.157. The van der Waals surface area contributed by atoms with Gasteiger partial charge in [-0.3, -0.25) is 4.79 Å². The number of carbonyl (C=O) groups is 1. The number of fused-ring (bicyclic) bond motifs is 1. The highest BCUT2D eigenvalue weighted by Crippen LogP contribution is 2.16. The number of hydrogen-bond acceptors (Lipinski definition) is 3. The molecule has 4 nitrogen and oxygen atoms in total. The third kappa shape index (κ3) is 1.19. The van der Waals surface area contributed by atoms with E-state index < -0.39 is 0 Å². The van der Waals surface area contributed by atoms with E-state index in [-0.39, 0.29) is 16.6 Å². The van der Waals surface area contributed by atoms with Gasteiger partial charge in [-0.1, -0.05) is 11.6 Å². The van der Waals surface area contributed by atoms with Crippen LogP contribution in [0, 0.1) is 0 Å². The summed E-state index contributed by atoms with van der Waals surface area (Å²) in [4.78, 5) is 15.1. The van der Waals surface area contributed by atoms with Crippen molar-refractivity contribution < 1.29 is 4.79 Å². The van der Waals surface area contributed by atoms with E-state index in [4.69, 9.17) is 11.6 Å². The van der Waals surface area contributed by atoms with E-state index in [0.29, 0.717) is 5.65 Å². The molecule has 66 valence electrons. The van der Waals surface area contributed by atoms with Crippen LogP contribution in [0.15, 0.2) is 18.3 Å².